The number of carbonyl (C=O) groups is 1. The molecule has 33 heavy (non-hydrogen) atoms. The van der Waals surface area contributed by atoms with Crippen molar-refractivity contribution in [1.82, 2.24) is 18.9 Å². The number of rotatable bonds is 4. The van der Waals surface area contributed by atoms with Crippen LogP contribution in [0.25, 0.3) is 21.5 Å². The standard InChI is InChI=1S/C18H10F5N5O3S2/c1-28-15(30)11-8(27-33-14(11)26-17(28)31)4-10(29)25-16-24-9(5-32-16)6-2-3-7(19)12(13(6)20)18(21,22)23/h2-3,5H,4H2,1H3,(H,26,31)(H,24,25,29). The normalized spacial score (nSPS) is 11.8. The number of thiazole rings is 1. The largest absolute Gasteiger partial charge is 0.422 e. The number of anilines is 1. The third-order valence-corrected chi connectivity index (χ3v) is 6.09. The van der Waals surface area contributed by atoms with Crippen molar-refractivity contribution < 1.29 is 26.7 Å². The molecule has 172 valence electrons. The second-order valence-electron chi connectivity index (χ2n) is 6.67. The Hall–Kier alpha value is -3.46. The molecule has 0 saturated heterocycles. The number of benzene rings is 1. The smallest absolute Gasteiger partial charge is 0.302 e. The summed E-state index contributed by atoms with van der Waals surface area (Å²) in [7, 11) is 1.26. The minimum atomic E-state index is -5.24. The number of carbonyl (C=O) groups excluding carboxylic acids is 1. The number of halogens is 5. The second kappa shape index (κ2) is 8.15. The van der Waals surface area contributed by atoms with Crippen molar-refractivity contribution in [1.29, 1.82) is 0 Å². The Morgan fingerprint density at radius 3 is 2.67 bits per heavy atom. The summed E-state index contributed by atoms with van der Waals surface area (Å²) in [6.07, 6.45) is -5.60. The number of alkyl halides is 3. The van der Waals surface area contributed by atoms with Gasteiger partial charge in [0.25, 0.3) is 5.56 Å². The molecule has 0 radical (unpaired) electrons. The Morgan fingerprint density at radius 1 is 1.24 bits per heavy atom. The lowest BCUT2D eigenvalue weighted by Crippen LogP contribution is -2.32. The highest BCUT2D eigenvalue weighted by molar-refractivity contribution is 7.14. The van der Waals surface area contributed by atoms with Gasteiger partial charge in [0, 0.05) is 18.0 Å². The first-order chi connectivity index (χ1) is 15.5. The molecule has 8 nitrogen and oxygen atoms in total. The average molecular weight is 503 g/mol. The third kappa shape index (κ3) is 4.16. The summed E-state index contributed by atoms with van der Waals surface area (Å²) in [6.45, 7) is 0. The Balaban J connectivity index is 1.58. The molecule has 1 aromatic carbocycles. The number of aromatic nitrogens is 4. The van der Waals surface area contributed by atoms with E-state index in [1.165, 1.54) is 12.4 Å². The fourth-order valence-corrected chi connectivity index (χ4v) is 4.48. The summed E-state index contributed by atoms with van der Waals surface area (Å²) >= 11 is 1.64. The number of hydrogen-bond acceptors (Lipinski definition) is 7. The van der Waals surface area contributed by atoms with Crippen molar-refractivity contribution in [3.63, 3.8) is 0 Å². The quantitative estimate of drug-likeness (QED) is 0.416. The Labute approximate surface area is 187 Å². The molecule has 3 aromatic heterocycles. The molecule has 0 aliphatic carbocycles. The molecule has 0 atom stereocenters. The number of aromatic amines is 1. The van der Waals surface area contributed by atoms with Crippen LogP contribution in [-0.4, -0.2) is 24.8 Å². The van der Waals surface area contributed by atoms with Crippen LogP contribution in [0.1, 0.15) is 11.3 Å². The fourth-order valence-electron chi connectivity index (χ4n) is 2.97. The lowest BCUT2D eigenvalue weighted by atomic mass is 10.1. The summed E-state index contributed by atoms with van der Waals surface area (Å²) in [5, 5.41) is 3.60. The average Bonchev–Trinajstić information content (AvgIpc) is 3.32. The number of amides is 1. The molecule has 3 heterocycles. The molecule has 0 bridgehead atoms. The van der Waals surface area contributed by atoms with Gasteiger partial charge in [0.2, 0.25) is 5.91 Å². The van der Waals surface area contributed by atoms with E-state index in [2.05, 4.69) is 19.7 Å². The molecule has 1 amide bonds. The summed E-state index contributed by atoms with van der Waals surface area (Å²) in [5.74, 6) is -4.23. The molecule has 0 spiro atoms. The van der Waals surface area contributed by atoms with Crippen LogP contribution in [0.5, 0.6) is 0 Å². The van der Waals surface area contributed by atoms with Crippen LogP contribution in [0.4, 0.5) is 27.1 Å². The van der Waals surface area contributed by atoms with Crippen molar-refractivity contribution in [3.8, 4) is 11.3 Å². The molecular weight excluding hydrogens is 493 g/mol. The summed E-state index contributed by atoms with van der Waals surface area (Å²) < 4.78 is 71.5. The predicted octanol–water partition coefficient (Wildman–Crippen LogP) is 3.29. The Morgan fingerprint density at radius 2 is 1.97 bits per heavy atom. The van der Waals surface area contributed by atoms with Crippen LogP contribution in [0.3, 0.4) is 0 Å². The zero-order valence-corrected chi connectivity index (χ0v) is 17.8. The molecule has 2 N–H and O–H groups in total. The number of nitrogens with zero attached hydrogens (tertiary/aromatic N) is 3. The van der Waals surface area contributed by atoms with Gasteiger partial charge in [-0.2, -0.15) is 17.5 Å². The maximum atomic E-state index is 14.3. The number of nitrogens with one attached hydrogen (secondary N) is 2. The van der Waals surface area contributed by atoms with Gasteiger partial charge in [-0.1, -0.05) is 0 Å². The molecule has 0 aliphatic heterocycles. The van der Waals surface area contributed by atoms with Crippen molar-refractivity contribution in [2.45, 2.75) is 12.6 Å². The molecule has 0 fully saturated rings. The predicted molar refractivity (Wildman–Crippen MR) is 110 cm³/mol. The van der Waals surface area contributed by atoms with Crippen LogP contribution in [-0.2, 0) is 24.4 Å². The van der Waals surface area contributed by atoms with Crippen LogP contribution in [0.15, 0.2) is 27.1 Å². The minimum absolute atomic E-state index is 0.0619. The van der Waals surface area contributed by atoms with Gasteiger partial charge in [0.1, 0.15) is 22.0 Å². The molecule has 4 rings (SSSR count). The van der Waals surface area contributed by atoms with Crippen molar-refractivity contribution in [3.05, 3.63) is 61.2 Å². The maximum Gasteiger partial charge on any atom is 0.422 e. The highest BCUT2D eigenvalue weighted by Crippen LogP contribution is 2.38. The van der Waals surface area contributed by atoms with Gasteiger partial charge in [0.05, 0.1) is 23.2 Å². The topological polar surface area (TPSA) is 110 Å². The van der Waals surface area contributed by atoms with Gasteiger partial charge in [-0.25, -0.2) is 18.6 Å². The molecule has 15 heteroatoms. The lowest BCUT2D eigenvalue weighted by molar-refractivity contribution is -0.142. The molecule has 0 aliphatic rings. The van der Waals surface area contributed by atoms with Crippen molar-refractivity contribution in [2.24, 2.45) is 7.05 Å². The van der Waals surface area contributed by atoms with E-state index < -0.39 is 46.1 Å². The van der Waals surface area contributed by atoms with E-state index in [1.54, 1.807) is 0 Å². The molecule has 0 unspecified atom stereocenters. The summed E-state index contributed by atoms with van der Waals surface area (Å²) in [5.41, 5.74) is -4.00. The maximum absolute atomic E-state index is 14.3. The third-order valence-electron chi connectivity index (χ3n) is 4.54. The van der Waals surface area contributed by atoms with E-state index in [1.807, 2.05) is 0 Å². The minimum Gasteiger partial charge on any atom is -0.302 e. The van der Waals surface area contributed by atoms with Crippen LogP contribution < -0.4 is 16.6 Å². The number of H-pyrrole nitrogens is 1. The van der Waals surface area contributed by atoms with E-state index in [9.17, 15) is 36.3 Å². The zero-order chi connectivity index (χ0) is 24.1. The first kappa shape index (κ1) is 22.7. The SMILES string of the molecule is Cn1c(=O)[nH]c2snc(CC(=O)Nc3nc(-c4ccc(F)c(C(F)(F)F)c4F)cs3)c2c1=O. The summed E-state index contributed by atoms with van der Waals surface area (Å²) in [4.78, 5) is 42.9. The van der Waals surface area contributed by atoms with Gasteiger partial charge in [-0.15, -0.1) is 11.3 Å². The monoisotopic (exact) mass is 503 g/mol. The van der Waals surface area contributed by atoms with Gasteiger partial charge < -0.3 is 5.32 Å². The Kier molecular flexibility index (Phi) is 5.61. The molecular formula is C18H10F5N5O3S2. The van der Waals surface area contributed by atoms with Crippen LogP contribution >= 0.6 is 22.9 Å². The molecule has 0 saturated carbocycles. The first-order valence-electron chi connectivity index (χ1n) is 8.86. The zero-order valence-electron chi connectivity index (χ0n) is 16.2. The van der Waals surface area contributed by atoms with Crippen molar-refractivity contribution >= 4 is 44.1 Å². The van der Waals surface area contributed by atoms with E-state index in [4.69, 9.17) is 0 Å². The van der Waals surface area contributed by atoms with E-state index in [-0.39, 0.29) is 33.2 Å². The van der Waals surface area contributed by atoms with E-state index in [0.717, 1.165) is 33.5 Å². The Bertz CT molecular complexity index is 1520. The summed E-state index contributed by atoms with van der Waals surface area (Å²) in [6, 6.07) is 1.30. The number of hydrogen-bond donors (Lipinski definition) is 2. The van der Waals surface area contributed by atoms with Crippen molar-refractivity contribution in [2.75, 3.05) is 5.32 Å². The van der Waals surface area contributed by atoms with Crippen LogP contribution in [0, 0.1) is 11.6 Å². The number of fused-ring (bicyclic) bond motifs is 1. The fraction of sp³-hybridized carbons (Fsp3) is 0.167. The lowest BCUT2D eigenvalue weighted by Gasteiger charge is -2.11. The van der Waals surface area contributed by atoms with Gasteiger partial charge in [0.15, 0.2) is 5.13 Å². The van der Waals surface area contributed by atoms with Gasteiger partial charge in [-0.3, -0.25) is 19.1 Å². The van der Waals surface area contributed by atoms with E-state index >= 15 is 0 Å². The first-order valence-corrected chi connectivity index (χ1v) is 10.5. The highest BCUT2D eigenvalue weighted by Gasteiger charge is 2.39. The highest BCUT2D eigenvalue weighted by atomic mass is 32.1. The van der Waals surface area contributed by atoms with Gasteiger partial charge in [-0.05, 0) is 23.7 Å². The van der Waals surface area contributed by atoms with Crippen LogP contribution in [0.2, 0.25) is 0 Å². The molecule has 4 aromatic rings. The van der Waals surface area contributed by atoms with Gasteiger partial charge >= 0.3 is 11.9 Å². The second-order valence-corrected chi connectivity index (χ2v) is 8.30. The van der Waals surface area contributed by atoms with E-state index in [0.29, 0.717) is 6.07 Å².